The molecule has 6 heteroatoms. The predicted molar refractivity (Wildman–Crippen MR) is 107 cm³/mol. The topological polar surface area (TPSA) is 61.9 Å². The Morgan fingerprint density at radius 3 is 2.22 bits per heavy atom. The Kier molecular flexibility index (Phi) is 5.64. The number of para-hydroxylation sites is 1. The third-order valence-electron chi connectivity index (χ3n) is 4.91. The van der Waals surface area contributed by atoms with Crippen molar-refractivity contribution in [3.8, 4) is 0 Å². The van der Waals surface area contributed by atoms with Crippen molar-refractivity contribution in [2.45, 2.75) is 13.8 Å². The Balaban J connectivity index is 1.62. The van der Waals surface area contributed by atoms with Gasteiger partial charge in [-0.3, -0.25) is 0 Å². The van der Waals surface area contributed by atoms with Crippen molar-refractivity contribution >= 4 is 23.4 Å². The van der Waals surface area contributed by atoms with E-state index >= 15 is 0 Å². The van der Waals surface area contributed by atoms with Crippen LogP contribution < -0.4 is 10.2 Å². The van der Waals surface area contributed by atoms with Crippen molar-refractivity contribution in [1.29, 1.82) is 0 Å². The van der Waals surface area contributed by atoms with E-state index in [0.717, 1.165) is 22.5 Å². The van der Waals surface area contributed by atoms with Gasteiger partial charge in [0.1, 0.15) is 0 Å². The van der Waals surface area contributed by atoms with E-state index in [1.807, 2.05) is 55.1 Å². The van der Waals surface area contributed by atoms with Gasteiger partial charge in [0.05, 0.1) is 12.7 Å². The second kappa shape index (κ2) is 8.12. The second-order valence-corrected chi connectivity index (χ2v) is 6.71. The molecule has 0 atom stereocenters. The average Bonchev–Trinajstić information content (AvgIpc) is 2.70. The third-order valence-corrected chi connectivity index (χ3v) is 4.91. The van der Waals surface area contributed by atoms with E-state index in [1.54, 1.807) is 6.07 Å². The summed E-state index contributed by atoms with van der Waals surface area (Å²) in [7, 11) is 1.38. The van der Waals surface area contributed by atoms with Gasteiger partial charge in [0.2, 0.25) is 0 Å². The van der Waals surface area contributed by atoms with Crippen molar-refractivity contribution in [3.63, 3.8) is 0 Å². The van der Waals surface area contributed by atoms with E-state index < -0.39 is 0 Å². The van der Waals surface area contributed by atoms with Crippen LogP contribution in [0.2, 0.25) is 0 Å². The first kappa shape index (κ1) is 18.8. The maximum absolute atomic E-state index is 12.6. The first-order chi connectivity index (χ1) is 13.0. The number of ether oxygens (including phenoxy) is 1. The molecule has 1 aliphatic heterocycles. The summed E-state index contributed by atoms with van der Waals surface area (Å²) in [5.41, 5.74) is 4.50. The lowest BCUT2D eigenvalue weighted by Gasteiger charge is -2.36. The Bertz CT molecular complexity index is 822. The van der Waals surface area contributed by atoms with Gasteiger partial charge in [-0.05, 0) is 43.2 Å². The molecule has 0 spiro atoms. The summed E-state index contributed by atoms with van der Waals surface area (Å²) < 4.78 is 4.78. The molecule has 1 heterocycles. The molecule has 0 radical (unpaired) electrons. The number of carbonyl (C=O) groups is 2. The SMILES string of the molecule is COC(=O)c1cccc(N2CCN(C(=O)Nc3c(C)cccc3C)CC2)c1. The first-order valence-electron chi connectivity index (χ1n) is 9.05. The second-order valence-electron chi connectivity index (χ2n) is 6.71. The highest BCUT2D eigenvalue weighted by molar-refractivity contribution is 5.91. The molecular formula is C21H25N3O3. The maximum atomic E-state index is 12.6. The fraction of sp³-hybridized carbons (Fsp3) is 0.333. The summed E-state index contributed by atoms with van der Waals surface area (Å²) in [4.78, 5) is 28.4. The lowest BCUT2D eigenvalue weighted by atomic mass is 10.1. The first-order valence-corrected chi connectivity index (χ1v) is 9.05. The molecule has 0 bridgehead atoms. The molecule has 1 aliphatic rings. The minimum atomic E-state index is -0.344. The van der Waals surface area contributed by atoms with Crippen LogP contribution in [0.4, 0.5) is 16.2 Å². The van der Waals surface area contributed by atoms with E-state index in [2.05, 4.69) is 10.2 Å². The highest BCUT2D eigenvalue weighted by Crippen LogP contribution is 2.22. The predicted octanol–water partition coefficient (Wildman–Crippen LogP) is 3.44. The molecule has 27 heavy (non-hydrogen) atoms. The van der Waals surface area contributed by atoms with Gasteiger partial charge in [-0.15, -0.1) is 0 Å². The minimum absolute atomic E-state index is 0.0737. The van der Waals surface area contributed by atoms with Crippen molar-refractivity contribution in [3.05, 3.63) is 59.2 Å². The van der Waals surface area contributed by atoms with Crippen molar-refractivity contribution in [2.24, 2.45) is 0 Å². The molecule has 3 rings (SSSR count). The molecule has 2 aromatic rings. The zero-order valence-corrected chi connectivity index (χ0v) is 16.0. The number of nitrogens with zero attached hydrogens (tertiary/aromatic N) is 2. The van der Waals surface area contributed by atoms with E-state index in [0.29, 0.717) is 31.7 Å². The molecule has 0 aromatic heterocycles. The van der Waals surface area contributed by atoms with Crippen molar-refractivity contribution in [2.75, 3.05) is 43.5 Å². The number of amides is 2. The summed E-state index contributed by atoms with van der Waals surface area (Å²) in [5.74, 6) is -0.344. The summed E-state index contributed by atoms with van der Waals surface area (Å²) in [6, 6.07) is 13.3. The number of carbonyl (C=O) groups excluding carboxylic acids is 2. The minimum Gasteiger partial charge on any atom is -0.465 e. The fourth-order valence-electron chi connectivity index (χ4n) is 3.31. The summed E-state index contributed by atoms with van der Waals surface area (Å²) >= 11 is 0. The number of aryl methyl sites for hydroxylation is 2. The van der Waals surface area contributed by atoms with Crippen LogP contribution in [0, 0.1) is 13.8 Å². The van der Waals surface area contributed by atoms with Crippen LogP contribution in [0.25, 0.3) is 0 Å². The largest absolute Gasteiger partial charge is 0.465 e. The number of urea groups is 1. The number of anilines is 2. The summed E-state index contributed by atoms with van der Waals surface area (Å²) in [6.45, 7) is 6.66. The van der Waals surface area contributed by atoms with E-state index in [4.69, 9.17) is 4.74 Å². The fourth-order valence-corrected chi connectivity index (χ4v) is 3.31. The highest BCUT2D eigenvalue weighted by atomic mass is 16.5. The zero-order chi connectivity index (χ0) is 19.4. The van der Waals surface area contributed by atoms with E-state index in [9.17, 15) is 9.59 Å². The molecular weight excluding hydrogens is 342 g/mol. The number of hydrogen-bond acceptors (Lipinski definition) is 4. The standard InChI is InChI=1S/C21H25N3O3/c1-15-6-4-7-16(2)19(15)22-21(26)24-12-10-23(11-13-24)18-9-5-8-17(14-18)20(25)27-3/h4-9,14H,10-13H2,1-3H3,(H,22,26). The number of methoxy groups -OCH3 is 1. The quantitative estimate of drug-likeness (QED) is 0.844. The number of benzene rings is 2. The summed E-state index contributed by atoms with van der Waals surface area (Å²) in [5, 5.41) is 3.04. The van der Waals surface area contributed by atoms with Gasteiger partial charge in [0.15, 0.2) is 0 Å². The van der Waals surface area contributed by atoms with Crippen LogP contribution in [0.1, 0.15) is 21.5 Å². The molecule has 0 unspecified atom stereocenters. The Hall–Kier alpha value is -3.02. The Labute approximate surface area is 159 Å². The van der Waals surface area contributed by atoms with Gasteiger partial charge in [-0.25, -0.2) is 9.59 Å². The van der Waals surface area contributed by atoms with Crippen LogP contribution in [-0.4, -0.2) is 50.2 Å². The molecule has 2 aromatic carbocycles. The molecule has 1 N–H and O–H groups in total. The van der Waals surface area contributed by atoms with Crippen LogP contribution in [0.3, 0.4) is 0 Å². The smallest absolute Gasteiger partial charge is 0.337 e. The maximum Gasteiger partial charge on any atom is 0.337 e. The average molecular weight is 367 g/mol. The molecule has 142 valence electrons. The Morgan fingerprint density at radius 1 is 0.963 bits per heavy atom. The van der Waals surface area contributed by atoms with Crippen molar-refractivity contribution < 1.29 is 14.3 Å². The van der Waals surface area contributed by atoms with Crippen molar-refractivity contribution in [1.82, 2.24) is 4.90 Å². The number of nitrogens with one attached hydrogen (secondary N) is 1. The zero-order valence-electron chi connectivity index (χ0n) is 16.0. The van der Waals surface area contributed by atoms with Gasteiger partial charge in [-0.2, -0.15) is 0 Å². The van der Waals surface area contributed by atoms with Gasteiger partial charge in [-0.1, -0.05) is 24.3 Å². The number of esters is 1. The van der Waals surface area contributed by atoms with Gasteiger partial charge in [0, 0.05) is 37.6 Å². The van der Waals surface area contributed by atoms with Crippen LogP contribution in [0.15, 0.2) is 42.5 Å². The van der Waals surface area contributed by atoms with Gasteiger partial charge in [0.25, 0.3) is 0 Å². The van der Waals surface area contributed by atoms with Crippen LogP contribution in [0.5, 0.6) is 0 Å². The number of piperazine rings is 1. The normalized spacial score (nSPS) is 14.0. The lowest BCUT2D eigenvalue weighted by molar-refractivity contribution is 0.0600. The van der Waals surface area contributed by atoms with Crippen LogP contribution in [-0.2, 0) is 4.74 Å². The Morgan fingerprint density at radius 2 is 1.59 bits per heavy atom. The van der Waals surface area contributed by atoms with Crippen LogP contribution >= 0.6 is 0 Å². The van der Waals surface area contributed by atoms with E-state index in [1.165, 1.54) is 7.11 Å². The highest BCUT2D eigenvalue weighted by Gasteiger charge is 2.22. The monoisotopic (exact) mass is 367 g/mol. The molecule has 1 fully saturated rings. The van der Waals surface area contributed by atoms with Gasteiger partial charge >= 0.3 is 12.0 Å². The third kappa shape index (κ3) is 4.22. The van der Waals surface area contributed by atoms with Gasteiger partial charge < -0.3 is 19.9 Å². The molecule has 0 aliphatic carbocycles. The molecule has 0 saturated carbocycles. The number of rotatable bonds is 3. The molecule has 2 amide bonds. The summed E-state index contributed by atoms with van der Waals surface area (Å²) in [6.07, 6.45) is 0. The van der Waals surface area contributed by atoms with E-state index in [-0.39, 0.29) is 12.0 Å². The number of hydrogen-bond donors (Lipinski definition) is 1. The lowest BCUT2D eigenvalue weighted by Crippen LogP contribution is -2.50. The molecule has 1 saturated heterocycles. The molecule has 6 nitrogen and oxygen atoms in total.